The summed E-state index contributed by atoms with van der Waals surface area (Å²) in [7, 11) is -3.45. The maximum absolute atomic E-state index is 12.1. The molecule has 0 aliphatic carbocycles. The highest BCUT2D eigenvalue weighted by Gasteiger charge is 2.19. The number of rotatable bonds is 8. The molecule has 0 unspecified atom stereocenters. The molecular formula is C19H23ClN2O3S. The van der Waals surface area contributed by atoms with Crippen LogP contribution in [-0.2, 0) is 27.9 Å². The minimum Gasteiger partial charge on any atom is -0.352 e. The second kappa shape index (κ2) is 9.16. The van der Waals surface area contributed by atoms with E-state index in [0.717, 1.165) is 17.4 Å². The van der Waals surface area contributed by atoms with Crippen molar-refractivity contribution in [2.45, 2.75) is 26.4 Å². The van der Waals surface area contributed by atoms with Crippen LogP contribution in [0.25, 0.3) is 0 Å². The average molecular weight is 395 g/mol. The van der Waals surface area contributed by atoms with Gasteiger partial charge in [0.25, 0.3) is 0 Å². The van der Waals surface area contributed by atoms with Crippen molar-refractivity contribution in [3.8, 4) is 0 Å². The molecule has 0 radical (unpaired) electrons. The molecule has 1 N–H and O–H groups in total. The van der Waals surface area contributed by atoms with Gasteiger partial charge in [-0.05, 0) is 24.1 Å². The maximum Gasteiger partial charge on any atom is 0.221 e. The van der Waals surface area contributed by atoms with Crippen LogP contribution in [0.15, 0.2) is 48.5 Å². The summed E-state index contributed by atoms with van der Waals surface area (Å²) in [5, 5.41) is 3.32. The lowest BCUT2D eigenvalue weighted by molar-refractivity contribution is -0.121. The van der Waals surface area contributed by atoms with Crippen LogP contribution in [0.1, 0.15) is 23.1 Å². The molecule has 0 aliphatic rings. The highest BCUT2D eigenvalue weighted by atomic mass is 35.5. The van der Waals surface area contributed by atoms with Crippen LogP contribution in [0.3, 0.4) is 0 Å². The highest BCUT2D eigenvalue weighted by molar-refractivity contribution is 7.88. The molecule has 26 heavy (non-hydrogen) atoms. The van der Waals surface area contributed by atoms with E-state index in [1.165, 1.54) is 4.31 Å². The summed E-state index contributed by atoms with van der Waals surface area (Å²) in [5.41, 5.74) is 2.86. The maximum atomic E-state index is 12.1. The Morgan fingerprint density at radius 2 is 1.77 bits per heavy atom. The van der Waals surface area contributed by atoms with Crippen LogP contribution < -0.4 is 5.32 Å². The fourth-order valence-corrected chi connectivity index (χ4v) is 3.39. The van der Waals surface area contributed by atoms with Gasteiger partial charge in [0.1, 0.15) is 0 Å². The smallest absolute Gasteiger partial charge is 0.221 e. The van der Waals surface area contributed by atoms with Crippen molar-refractivity contribution in [3.05, 3.63) is 70.2 Å². The van der Waals surface area contributed by atoms with E-state index in [2.05, 4.69) is 5.32 Å². The molecule has 140 valence electrons. The van der Waals surface area contributed by atoms with E-state index in [0.29, 0.717) is 17.1 Å². The SMILES string of the molecule is Cc1ccc(CNC(=O)CCN(Cc2ccccc2Cl)S(C)(=O)=O)cc1. The Hall–Kier alpha value is -1.89. The van der Waals surface area contributed by atoms with E-state index >= 15 is 0 Å². The number of nitrogens with one attached hydrogen (secondary N) is 1. The molecule has 2 rings (SSSR count). The number of carbonyl (C=O) groups excluding carboxylic acids is 1. The average Bonchev–Trinajstić information content (AvgIpc) is 2.58. The Labute approximate surface area is 160 Å². The lowest BCUT2D eigenvalue weighted by Crippen LogP contribution is -2.34. The zero-order chi connectivity index (χ0) is 19.2. The molecule has 1 amide bonds. The lowest BCUT2D eigenvalue weighted by Gasteiger charge is -2.20. The minimum atomic E-state index is -3.45. The van der Waals surface area contributed by atoms with E-state index in [1.807, 2.05) is 31.2 Å². The Balaban J connectivity index is 1.91. The standard InChI is InChI=1S/C19H23ClN2O3S/c1-15-7-9-16(10-8-15)13-21-19(23)11-12-22(26(2,24)25)14-17-5-3-4-6-18(17)20/h3-10H,11-14H2,1-2H3,(H,21,23). The largest absolute Gasteiger partial charge is 0.352 e. The molecule has 0 fully saturated rings. The molecule has 0 heterocycles. The van der Waals surface area contributed by atoms with Gasteiger partial charge in [0, 0.05) is 31.1 Å². The van der Waals surface area contributed by atoms with Crippen LogP contribution >= 0.6 is 11.6 Å². The van der Waals surface area contributed by atoms with Gasteiger partial charge in [-0.1, -0.05) is 59.6 Å². The number of nitrogens with zero attached hydrogens (tertiary/aromatic N) is 1. The highest BCUT2D eigenvalue weighted by Crippen LogP contribution is 2.18. The number of hydrogen-bond donors (Lipinski definition) is 1. The summed E-state index contributed by atoms with van der Waals surface area (Å²) in [6, 6.07) is 15.0. The summed E-state index contributed by atoms with van der Waals surface area (Å²) >= 11 is 6.11. The number of sulfonamides is 1. The normalized spacial score (nSPS) is 11.5. The fourth-order valence-electron chi connectivity index (χ4n) is 2.40. The van der Waals surface area contributed by atoms with E-state index in [9.17, 15) is 13.2 Å². The summed E-state index contributed by atoms with van der Waals surface area (Å²) in [6.07, 6.45) is 1.22. The van der Waals surface area contributed by atoms with E-state index in [1.54, 1.807) is 24.3 Å². The molecule has 0 atom stereocenters. The van der Waals surface area contributed by atoms with Crippen molar-refractivity contribution in [2.75, 3.05) is 12.8 Å². The topological polar surface area (TPSA) is 66.5 Å². The number of halogens is 1. The van der Waals surface area contributed by atoms with Crippen molar-refractivity contribution in [1.29, 1.82) is 0 Å². The molecule has 0 saturated heterocycles. The monoisotopic (exact) mass is 394 g/mol. The quantitative estimate of drug-likeness (QED) is 0.748. The first-order chi connectivity index (χ1) is 12.3. The number of amides is 1. The Morgan fingerprint density at radius 1 is 1.12 bits per heavy atom. The van der Waals surface area contributed by atoms with Gasteiger partial charge < -0.3 is 5.32 Å². The number of carbonyl (C=O) groups is 1. The number of aryl methyl sites for hydroxylation is 1. The second-order valence-electron chi connectivity index (χ2n) is 6.20. The first-order valence-electron chi connectivity index (χ1n) is 8.26. The van der Waals surface area contributed by atoms with Crippen molar-refractivity contribution >= 4 is 27.5 Å². The van der Waals surface area contributed by atoms with Gasteiger partial charge in [-0.25, -0.2) is 8.42 Å². The molecule has 0 saturated carbocycles. The van der Waals surface area contributed by atoms with Gasteiger partial charge in [0.15, 0.2) is 0 Å². The molecule has 2 aromatic carbocycles. The molecule has 0 aliphatic heterocycles. The third-order valence-electron chi connectivity index (χ3n) is 3.97. The zero-order valence-electron chi connectivity index (χ0n) is 14.9. The van der Waals surface area contributed by atoms with Gasteiger partial charge in [-0.2, -0.15) is 4.31 Å². The third-order valence-corrected chi connectivity index (χ3v) is 5.59. The van der Waals surface area contributed by atoms with Gasteiger partial charge in [0.2, 0.25) is 15.9 Å². The van der Waals surface area contributed by atoms with E-state index in [4.69, 9.17) is 11.6 Å². The van der Waals surface area contributed by atoms with E-state index < -0.39 is 10.0 Å². The Kier molecular flexibility index (Phi) is 7.20. The zero-order valence-corrected chi connectivity index (χ0v) is 16.5. The molecule has 0 spiro atoms. The fraction of sp³-hybridized carbons (Fsp3) is 0.316. The Morgan fingerprint density at radius 3 is 2.38 bits per heavy atom. The minimum absolute atomic E-state index is 0.0867. The van der Waals surface area contributed by atoms with Crippen molar-refractivity contribution in [2.24, 2.45) is 0 Å². The number of benzene rings is 2. The second-order valence-corrected chi connectivity index (χ2v) is 8.59. The summed E-state index contributed by atoms with van der Waals surface area (Å²) in [6.45, 7) is 2.66. The lowest BCUT2D eigenvalue weighted by atomic mass is 10.1. The summed E-state index contributed by atoms with van der Waals surface area (Å²) in [5.74, 6) is -0.196. The van der Waals surface area contributed by atoms with Crippen LogP contribution in [0.4, 0.5) is 0 Å². The molecule has 0 bridgehead atoms. The summed E-state index contributed by atoms with van der Waals surface area (Å²) < 4.78 is 25.3. The summed E-state index contributed by atoms with van der Waals surface area (Å²) in [4.78, 5) is 12.1. The Bertz CT molecular complexity index is 851. The van der Waals surface area contributed by atoms with Crippen molar-refractivity contribution in [1.82, 2.24) is 9.62 Å². The molecule has 7 heteroatoms. The first-order valence-corrected chi connectivity index (χ1v) is 10.5. The van der Waals surface area contributed by atoms with Crippen molar-refractivity contribution in [3.63, 3.8) is 0 Å². The van der Waals surface area contributed by atoms with Gasteiger partial charge >= 0.3 is 0 Å². The van der Waals surface area contributed by atoms with E-state index in [-0.39, 0.29) is 25.4 Å². The number of hydrogen-bond acceptors (Lipinski definition) is 3. The van der Waals surface area contributed by atoms with Gasteiger partial charge in [-0.15, -0.1) is 0 Å². The van der Waals surface area contributed by atoms with Crippen molar-refractivity contribution < 1.29 is 13.2 Å². The van der Waals surface area contributed by atoms with Gasteiger partial charge in [-0.3, -0.25) is 4.79 Å². The predicted octanol–water partition coefficient (Wildman–Crippen LogP) is 3.12. The van der Waals surface area contributed by atoms with Gasteiger partial charge in [0.05, 0.1) is 6.26 Å². The molecule has 0 aromatic heterocycles. The molecule has 5 nitrogen and oxygen atoms in total. The van der Waals surface area contributed by atoms with Crippen LogP contribution in [0.2, 0.25) is 5.02 Å². The first kappa shape index (κ1) is 20.4. The van der Waals surface area contributed by atoms with Crippen LogP contribution in [0, 0.1) is 6.92 Å². The molecule has 2 aromatic rings. The van der Waals surface area contributed by atoms with Crippen LogP contribution in [0.5, 0.6) is 0 Å². The molecular weight excluding hydrogens is 372 g/mol. The van der Waals surface area contributed by atoms with Crippen LogP contribution in [-0.4, -0.2) is 31.4 Å². The third kappa shape index (κ3) is 6.44. The predicted molar refractivity (Wildman–Crippen MR) is 104 cm³/mol.